The number of pyridine rings is 4. The van der Waals surface area contributed by atoms with Gasteiger partial charge < -0.3 is 64.1 Å². The molecule has 16 aromatic rings. The molecule has 0 saturated carbocycles. The number of nitrogens with zero attached hydrogens (tertiary/aromatic N) is 24. The molecule has 0 radical (unpaired) electrons. The van der Waals surface area contributed by atoms with E-state index in [9.17, 15) is 62.7 Å². The van der Waals surface area contributed by atoms with Gasteiger partial charge in [0.15, 0.2) is 46.5 Å². The fourth-order valence-electron chi connectivity index (χ4n) is 18.6. The molecular weight excluding hydrogens is 1890 g/mol. The highest BCUT2D eigenvalue weighted by Crippen LogP contribution is 2.39. The van der Waals surface area contributed by atoms with E-state index < -0.39 is 71.1 Å². The topological polar surface area (TPSA) is 368 Å². The minimum Gasteiger partial charge on any atom is -0.462 e. The van der Waals surface area contributed by atoms with Gasteiger partial charge in [-0.2, -0.15) is 13.2 Å². The number of aryl methyl sites for hydroxylation is 4. The number of carbonyl (C=O) groups is 3. The van der Waals surface area contributed by atoms with Crippen LogP contribution in [-0.4, -0.2) is 200 Å². The van der Waals surface area contributed by atoms with Gasteiger partial charge in [-0.3, -0.25) is 14.5 Å². The number of hydrogen-bond acceptors (Lipinski definition) is 27. The van der Waals surface area contributed by atoms with Crippen LogP contribution in [0.25, 0.3) is 89.2 Å². The van der Waals surface area contributed by atoms with E-state index in [-0.39, 0.29) is 148 Å². The van der Waals surface area contributed by atoms with Crippen LogP contribution >= 0.6 is 0 Å². The lowest BCUT2D eigenvalue weighted by Gasteiger charge is -2.28. The van der Waals surface area contributed by atoms with Crippen LogP contribution in [-0.2, 0) is 71.0 Å². The Kier molecular flexibility index (Phi) is 29.1. The minimum atomic E-state index is -4.26. The predicted octanol–water partition coefficient (Wildman–Crippen LogP) is 18.4. The number of fused-ring (bicyclic) bond motifs is 8. The van der Waals surface area contributed by atoms with Gasteiger partial charge in [0, 0.05) is 154 Å². The van der Waals surface area contributed by atoms with Gasteiger partial charge in [0.25, 0.3) is 0 Å². The van der Waals surface area contributed by atoms with Crippen LogP contribution < -0.4 is 21.3 Å². The van der Waals surface area contributed by atoms with Crippen LogP contribution in [0.4, 0.5) is 95.4 Å². The normalized spacial score (nSPS) is 13.7. The largest absolute Gasteiger partial charge is 0.462 e. The van der Waals surface area contributed by atoms with Gasteiger partial charge in [0.1, 0.15) is 91.4 Å². The SMILES string of the molecule is COC(=O)C(=O)N1CCc2nc(Nc3ncc(F)c(-c4cc(F)c5nc(C)n(C(C)C)c5c4)n3)ccc2C1.Cc1nc2c(F)cc(-c3nc(Nc4ccc5c(n4)CCN(C(=O)CCO)C5)ncc3F)cc2n1C(C)C.Cc1nc2c(F)cc(-c3nc(Nc4ccc5c(n4)CCN(C)C5)ncc3F)cc2n1C(C)C.Cc1nc2c(F)cc(-c3nc(Nc4ccc5c(n4)CCN(CC(F)(F)F)C5)ncc3F)cc2n1C(C)C. The zero-order valence-electron chi connectivity index (χ0n) is 81.4. The molecule has 20 rings (SSSR count). The Morgan fingerprint density at radius 1 is 0.379 bits per heavy atom. The average molecular weight is 2000 g/mol. The Morgan fingerprint density at radius 2 is 0.669 bits per heavy atom. The van der Waals surface area contributed by atoms with E-state index in [1.54, 1.807) is 73.3 Å². The number of nitrogens with one attached hydrogen (secondary N) is 4. The number of alkyl halides is 3. The van der Waals surface area contributed by atoms with E-state index in [4.69, 9.17) is 5.11 Å². The summed E-state index contributed by atoms with van der Waals surface area (Å²) in [5.41, 5.74) is 11.0. The molecule has 0 fully saturated rings. The number of methoxy groups -OCH3 is 1. The number of ether oxygens (including phenoxy) is 1. The first-order valence-electron chi connectivity index (χ1n) is 46.8. The third-order valence-electron chi connectivity index (χ3n) is 25.0. The molecule has 0 bridgehead atoms. The van der Waals surface area contributed by atoms with Crippen molar-refractivity contribution in [2.24, 2.45) is 0 Å². The van der Waals surface area contributed by atoms with Gasteiger partial charge in [-0.25, -0.2) is 120 Å². The molecule has 752 valence electrons. The molecule has 44 heteroatoms. The average Bonchev–Trinajstić information content (AvgIpc) is 1.64. The highest BCUT2D eigenvalue weighted by atomic mass is 19.4. The Hall–Kier alpha value is -15.6. The van der Waals surface area contributed by atoms with Gasteiger partial charge in [0.2, 0.25) is 29.7 Å². The Bertz CT molecular complexity index is 7720. The molecule has 4 aliphatic rings. The van der Waals surface area contributed by atoms with Crippen molar-refractivity contribution in [1.82, 2.24) is 118 Å². The number of hydrogen-bond donors (Lipinski definition) is 5. The number of amides is 2. The van der Waals surface area contributed by atoms with Crippen molar-refractivity contribution in [1.29, 1.82) is 0 Å². The lowest BCUT2D eigenvalue weighted by Crippen LogP contribution is -2.40. The summed E-state index contributed by atoms with van der Waals surface area (Å²) in [7, 11) is 3.25. The molecule has 4 aromatic carbocycles. The molecule has 16 heterocycles. The number of anilines is 8. The number of halogens is 11. The first-order chi connectivity index (χ1) is 69.2. The quantitative estimate of drug-likeness (QED) is 0.0285. The van der Waals surface area contributed by atoms with Crippen molar-refractivity contribution in [3.63, 3.8) is 0 Å². The van der Waals surface area contributed by atoms with Crippen LogP contribution in [0.5, 0.6) is 0 Å². The van der Waals surface area contributed by atoms with Crippen molar-refractivity contribution in [2.45, 2.75) is 172 Å². The molecule has 2 amide bonds. The summed E-state index contributed by atoms with van der Waals surface area (Å²) in [6, 6.07) is 26.1. The molecule has 33 nitrogen and oxygen atoms in total. The first kappa shape index (κ1) is 101. The number of aromatic nitrogens is 20. The number of imidazole rings is 4. The number of carbonyl (C=O) groups excluding carboxylic acids is 3. The molecule has 0 unspecified atom stereocenters. The van der Waals surface area contributed by atoms with Crippen LogP contribution in [0.1, 0.15) is 154 Å². The highest BCUT2D eigenvalue weighted by Gasteiger charge is 2.35. The summed E-state index contributed by atoms with van der Waals surface area (Å²) >= 11 is 0. The lowest BCUT2D eigenvalue weighted by molar-refractivity contribution is -0.158. The van der Waals surface area contributed by atoms with E-state index in [1.807, 2.05) is 106 Å². The van der Waals surface area contributed by atoms with Crippen LogP contribution in [0, 0.1) is 74.2 Å². The molecule has 0 spiro atoms. The number of rotatable bonds is 19. The molecule has 5 N–H and O–H groups in total. The van der Waals surface area contributed by atoms with E-state index in [0.29, 0.717) is 124 Å². The standard InChI is InChI=1S/C26H25F2N7O3.C26H27F2N7O2.C25H24F5N7.C24H25F2N7/c1-13(2)35-14(3)30-23-17(27)9-16(10-20(23)35)22-18(28)11-29-26(33-22)32-21-6-5-15-12-34(8-7-19(15)31-21)24(36)25(37)38-4;1-14(2)35-15(3)30-25-18(27)10-17(11-21(25)35)24-19(28)12-29-26(33-24)32-22-5-4-16-13-34(23(37)7-9-36)8-6-20(16)31-22;1-13(2)37-14(3)32-23-17(26)8-16(9-20(23)37)22-18(27)10-31-24(35-22)34-21-5-4-15-11-36(12-25(28,29)30)7-6-19(15)33-21;1-13(2)33-14(3)28-23-17(25)9-16(10-20(23)33)22-18(26)11-27-24(31-22)30-21-6-5-15-12-32(4)8-7-19(15)29-21/h5-6,9-11,13H,7-8,12H2,1-4H3,(H,29,31,32,33);4-5,10-12,14,36H,6-9,13H2,1-3H3,(H,29,31,32,33);4-5,8-10,13H,6-7,11-12H2,1-3H3,(H,31,33,34,35);5-6,9-11,13H,7-8,12H2,1-4H3,(H,27,29,30,31). The molecule has 0 saturated heterocycles. The number of aliphatic hydroxyl groups is 1. The smallest absolute Gasteiger partial charge is 0.401 e. The number of esters is 1. The summed E-state index contributed by atoms with van der Waals surface area (Å²) in [6.45, 7) is 25.5. The van der Waals surface area contributed by atoms with Crippen molar-refractivity contribution < 1.29 is 72.5 Å². The van der Waals surface area contributed by atoms with E-state index in [1.165, 1.54) is 39.6 Å². The van der Waals surface area contributed by atoms with Crippen molar-refractivity contribution >= 4 is 109 Å². The second-order valence-electron chi connectivity index (χ2n) is 36.6. The Morgan fingerprint density at radius 3 is 0.972 bits per heavy atom. The molecule has 145 heavy (non-hydrogen) atoms. The summed E-state index contributed by atoms with van der Waals surface area (Å²) in [6.07, 6.45) is 2.21. The number of aliphatic hydroxyl groups excluding tert-OH is 1. The predicted molar refractivity (Wildman–Crippen MR) is 520 cm³/mol. The van der Waals surface area contributed by atoms with Crippen molar-refractivity contribution in [2.75, 3.05) is 74.8 Å². The van der Waals surface area contributed by atoms with E-state index >= 15 is 0 Å². The number of benzene rings is 4. The molecule has 0 atom stereocenters. The third kappa shape index (κ3) is 21.9. The summed E-state index contributed by atoms with van der Waals surface area (Å²) in [5.74, 6) is -1.67. The highest BCUT2D eigenvalue weighted by molar-refractivity contribution is 6.32. The van der Waals surface area contributed by atoms with Crippen LogP contribution in [0.15, 0.2) is 122 Å². The minimum absolute atomic E-state index is 0.0158. The third-order valence-corrected chi connectivity index (χ3v) is 25.0. The van der Waals surface area contributed by atoms with Gasteiger partial charge >= 0.3 is 18.1 Å². The molecule has 0 aliphatic carbocycles. The van der Waals surface area contributed by atoms with Crippen LogP contribution in [0.3, 0.4) is 0 Å². The van der Waals surface area contributed by atoms with Crippen LogP contribution in [0.2, 0.25) is 0 Å². The Balaban J connectivity index is 0.000000133. The van der Waals surface area contributed by atoms with Crippen molar-refractivity contribution in [3.05, 3.63) is 237 Å². The zero-order chi connectivity index (χ0) is 103. The Labute approximate surface area is 823 Å². The van der Waals surface area contributed by atoms with Crippen molar-refractivity contribution in [3.8, 4) is 45.0 Å². The molecule has 12 aromatic heterocycles. The second-order valence-corrected chi connectivity index (χ2v) is 36.6. The maximum atomic E-state index is 15.0. The van der Waals surface area contributed by atoms with Gasteiger partial charge in [-0.05, 0) is 185 Å². The second kappa shape index (κ2) is 41.8. The van der Waals surface area contributed by atoms with E-state index in [2.05, 4.69) is 118 Å². The fourth-order valence-corrected chi connectivity index (χ4v) is 18.6. The molecule has 4 aliphatic heterocycles. The number of likely N-dealkylation sites (N-methyl/N-ethyl adjacent to an activating group) is 1. The maximum absolute atomic E-state index is 15.0. The first-order valence-corrected chi connectivity index (χ1v) is 46.8. The van der Waals surface area contributed by atoms with Gasteiger partial charge in [0.05, 0.1) is 67.1 Å². The summed E-state index contributed by atoms with van der Waals surface area (Å²) in [4.78, 5) is 111. The zero-order valence-corrected chi connectivity index (χ0v) is 81.4. The molecular formula is C101H101F11N28O5. The summed E-state index contributed by atoms with van der Waals surface area (Å²) in [5, 5.41) is 21.0. The van der Waals surface area contributed by atoms with Gasteiger partial charge in [-0.15, -0.1) is 0 Å². The summed E-state index contributed by atoms with van der Waals surface area (Å²) < 4.78 is 169. The van der Waals surface area contributed by atoms with E-state index in [0.717, 1.165) is 79.6 Å². The fraction of sp³-hybridized carbons (Fsp3) is 0.337. The maximum Gasteiger partial charge on any atom is 0.401 e. The lowest BCUT2D eigenvalue weighted by atomic mass is 10.1. The van der Waals surface area contributed by atoms with Gasteiger partial charge in [-0.1, -0.05) is 24.3 Å². The monoisotopic (exact) mass is 1990 g/mol.